The number of furan rings is 1. The van der Waals surface area contributed by atoms with Crippen LogP contribution < -0.4 is 5.32 Å². The molecule has 2 heterocycles. The van der Waals surface area contributed by atoms with Gasteiger partial charge in [-0.25, -0.2) is 5.01 Å². The number of amides is 2. The minimum absolute atomic E-state index is 0.220. The lowest BCUT2D eigenvalue weighted by Gasteiger charge is -2.16. The van der Waals surface area contributed by atoms with Crippen molar-refractivity contribution in [3.05, 3.63) is 47.7 Å². The van der Waals surface area contributed by atoms with Gasteiger partial charge in [0.2, 0.25) is 11.8 Å². The number of nitrogens with zero attached hydrogens (tertiary/aromatic N) is 2. The Morgan fingerprint density at radius 1 is 1.20 bits per heavy atom. The average Bonchev–Trinajstić information content (AvgIpc) is 3.16. The summed E-state index contributed by atoms with van der Waals surface area (Å²) in [6, 6.07) is 11.9. The van der Waals surface area contributed by atoms with Gasteiger partial charge in [-0.05, 0) is 31.2 Å². The van der Waals surface area contributed by atoms with Crippen LogP contribution in [0.1, 0.15) is 30.5 Å². The largest absolute Gasteiger partial charge is 0.451 e. The van der Waals surface area contributed by atoms with Gasteiger partial charge in [-0.15, -0.1) is 5.10 Å². The lowest BCUT2D eigenvalue weighted by molar-refractivity contribution is -0.129. The highest BCUT2D eigenvalue weighted by Crippen LogP contribution is 2.41. The molecule has 0 saturated heterocycles. The minimum atomic E-state index is -0.424. The summed E-state index contributed by atoms with van der Waals surface area (Å²) in [5.41, 5.74) is 1.20. The maximum atomic E-state index is 11.8. The van der Waals surface area contributed by atoms with E-state index in [-0.39, 0.29) is 11.8 Å². The summed E-state index contributed by atoms with van der Waals surface area (Å²) in [4.78, 5) is 24.1. The first-order chi connectivity index (χ1) is 11.9. The summed E-state index contributed by atoms with van der Waals surface area (Å²) >= 11 is 2.78. The van der Waals surface area contributed by atoms with Crippen molar-refractivity contribution >= 4 is 40.5 Å². The number of carbonyl (C=O) groups excluding carboxylic acids is 2. The van der Waals surface area contributed by atoms with Crippen LogP contribution in [0.4, 0.5) is 0 Å². The van der Waals surface area contributed by atoms with Crippen molar-refractivity contribution in [2.75, 3.05) is 0 Å². The quantitative estimate of drug-likeness (QED) is 0.884. The molecule has 1 aromatic heterocycles. The van der Waals surface area contributed by atoms with E-state index in [0.29, 0.717) is 10.9 Å². The van der Waals surface area contributed by atoms with Gasteiger partial charge >= 0.3 is 0 Å². The predicted molar refractivity (Wildman–Crippen MR) is 98.1 cm³/mol. The van der Waals surface area contributed by atoms with E-state index in [1.165, 1.54) is 47.9 Å². The lowest BCUT2D eigenvalue weighted by Crippen LogP contribution is -2.25. The van der Waals surface area contributed by atoms with Crippen molar-refractivity contribution in [3.8, 4) is 0 Å². The van der Waals surface area contributed by atoms with Crippen molar-refractivity contribution in [1.29, 1.82) is 0 Å². The maximum Gasteiger partial charge on any atom is 0.241 e. The number of hydrazone groups is 1. The van der Waals surface area contributed by atoms with Crippen LogP contribution in [-0.2, 0) is 9.59 Å². The molecule has 2 amide bonds. The van der Waals surface area contributed by atoms with Crippen LogP contribution in [0.25, 0.3) is 0 Å². The second-order valence-corrected chi connectivity index (χ2v) is 7.64. The number of aryl methyl sites for hydroxylation is 1. The van der Waals surface area contributed by atoms with Crippen molar-refractivity contribution in [2.24, 2.45) is 5.10 Å². The first-order valence-electron chi connectivity index (χ1n) is 7.59. The standard InChI is InChI=1S/C17H17N3O3S2/c1-10-4-6-13(7-5-10)24-15-9-8-14(23-15)16-20(12(3)22)19-17(25-16)18-11(2)21/h4-9,16H,1-3H3,(H,18,19,21)/t16-/m0/s1. The van der Waals surface area contributed by atoms with Gasteiger partial charge in [-0.3, -0.25) is 9.59 Å². The SMILES string of the molecule is CC(=O)NC1=NN(C(C)=O)[C@H](c2ccc(Sc3ccc(C)cc3)o2)S1. The molecule has 0 unspecified atom stereocenters. The lowest BCUT2D eigenvalue weighted by atomic mass is 10.2. The first kappa shape index (κ1) is 17.6. The van der Waals surface area contributed by atoms with Crippen LogP contribution in [0, 0.1) is 6.92 Å². The fourth-order valence-corrected chi connectivity index (χ4v) is 4.06. The summed E-state index contributed by atoms with van der Waals surface area (Å²) in [6.07, 6.45) is 0. The van der Waals surface area contributed by atoms with Gasteiger partial charge in [0.1, 0.15) is 5.76 Å². The maximum absolute atomic E-state index is 11.8. The van der Waals surface area contributed by atoms with Gasteiger partial charge in [-0.1, -0.05) is 41.2 Å². The van der Waals surface area contributed by atoms with Gasteiger partial charge in [-0.2, -0.15) is 0 Å². The zero-order chi connectivity index (χ0) is 18.0. The van der Waals surface area contributed by atoms with E-state index in [1.54, 1.807) is 0 Å². The molecule has 0 fully saturated rings. The zero-order valence-electron chi connectivity index (χ0n) is 14.0. The number of hydrogen-bond acceptors (Lipinski definition) is 6. The molecule has 1 atom stereocenters. The Morgan fingerprint density at radius 3 is 2.56 bits per heavy atom. The average molecular weight is 375 g/mol. The Hall–Kier alpha value is -2.19. The van der Waals surface area contributed by atoms with Crippen molar-refractivity contribution < 1.29 is 14.0 Å². The van der Waals surface area contributed by atoms with Crippen molar-refractivity contribution in [3.63, 3.8) is 0 Å². The van der Waals surface area contributed by atoms with E-state index in [1.807, 2.05) is 43.3 Å². The van der Waals surface area contributed by atoms with Crippen LogP contribution >= 0.6 is 23.5 Å². The molecule has 0 radical (unpaired) electrons. The molecule has 1 aromatic carbocycles. The fraction of sp³-hybridized carbons (Fsp3) is 0.235. The van der Waals surface area contributed by atoms with E-state index >= 15 is 0 Å². The van der Waals surface area contributed by atoms with Crippen LogP contribution in [0.15, 0.2) is 55.9 Å². The van der Waals surface area contributed by atoms with Crippen LogP contribution in [0.5, 0.6) is 0 Å². The Kier molecular flexibility index (Phi) is 5.19. The molecule has 1 aliphatic rings. The molecular weight excluding hydrogens is 358 g/mol. The third-order valence-corrected chi connectivity index (χ3v) is 5.33. The highest BCUT2D eigenvalue weighted by Gasteiger charge is 2.34. The number of amidine groups is 1. The summed E-state index contributed by atoms with van der Waals surface area (Å²) < 4.78 is 5.90. The van der Waals surface area contributed by atoms with Gasteiger partial charge < -0.3 is 9.73 Å². The molecule has 0 spiro atoms. The molecular formula is C17H17N3O3S2. The van der Waals surface area contributed by atoms with Gasteiger partial charge in [0.05, 0.1) is 0 Å². The van der Waals surface area contributed by atoms with Gasteiger partial charge in [0.15, 0.2) is 15.6 Å². The molecule has 25 heavy (non-hydrogen) atoms. The second kappa shape index (κ2) is 7.37. The zero-order valence-corrected chi connectivity index (χ0v) is 15.6. The van der Waals surface area contributed by atoms with E-state index in [4.69, 9.17) is 4.42 Å². The Bertz CT molecular complexity index is 830. The molecule has 3 rings (SSSR count). The molecule has 0 aliphatic carbocycles. The van der Waals surface area contributed by atoms with Crippen LogP contribution in [0.3, 0.4) is 0 Å². The number of carbonyl (C=O) groups is 2. The van der Waals surface area contributed by atoms with Gasteiger partial charge in [0.25, 0.3) is 0 Å². The van der Waals surface area contributed by atoms with E-state index in [9.17, 15) is 9.59 Å². The number of benzene rings is 1. The first-order valence-corrected chi connectivity index (χ1v) is 9.29. The highest BCUT2D eigenvalue weighted by atomic mass is 32.2. The van der Waals surface area contributed by atoms with E-state index in [0.717, 1.165) is 9.99 Å². The van der Waals surface area contributed by atoms with Crippen molar-refractivity contribution in [1.82, 2.24) is 10.3 Å². The number of nitrogens with one attached hydrogen (secondary N) is 1. The Balaban J connectivity index is 1.75. The summed E-state index contributed by atoms with van der Waals surface area (Å²) in [6.45, 7) is 4.87. The number of rotatable bonds is 3. The van der Waals surface area contributed by atoms with E-state index < -0.39 is 5.37 Å². The van der Waals surface area contributed by atoms with Crippen LogP contribution in [-0.4, -0.2) is 22.0 Å². The van der Waals surface area contributed by atoms with Gasteiger partial charge in [0, 0.05) is 18.7 Å². The molecule has 0 bridgehead atoms. The van der Waals surface area contributed by atoms with E-state index in [2.05, 4.69) is 10.4 Å². The topological polar surface area (TPSA) is 74.9 Å². The monoisotopic (exact) mass is 375 g/mol. The molecule has 1 N–H and O–H groups in total. The van der Waals surface area contributed by atoms with Crippen molar-refractivity contribution in [2.45, 2.75) is 36.1 Å². The summed E-state index contributed by atoms with van der Waals surface area (Å²) in [5, 5.41) is 8.77. The third-order valence-electron chi connectivity index (χ3n) is 3.33. The molecule has 1 aliphatic heterocycles. The smallest absolute Gasteiger partial charge is 0.241 e. The predicted octanol–water partition coefficient (Wildman–Crippen LogP) is 3.74. The fourth-order valence-electron chi connectivity index (χ4n) is 2.19. The molecule has 6 nitrogen and oxygen atoms in total. The Morgan fingerprint density at radius 2 is 1.92 bits per heavy atom. The number of thioether (sulfide) groups is 1. The number of hydrogen-bond donors (Lipinski definition) is 1. The third kappa shape index (κ3) is 4.26. The summed E-state index contributed by atoms with van der Waals surface area (Å²) in [5.74, 6) is 0.159. The highest BCUT2D eigenvalue weighted by molar-refractivity contribution is 8.14. The Labute approximate surface area is 154 Å². The second-order valence-electron chi connectivity index (χ2n) is 5.49. The molecule has 130 valence electrons. The summed E-state index contributed by atoms with van der Waals surface area (Å²) in [7, 11) is 0. The molecule has 0 saturated carbocycles. The molecule has 8 heteroatoms. The molecule has 2 aromatic rings. The normalized spacial score (nSPS) is 16.7. The van der Waals surface area contributed by atoms with Crippen LogP contribution in [0.2, 0.25) is 0 Å². The minimum Gasteiger partial charge on any atom is -0.451 e.